The highest BCUT2D eigenvalue weighted by Crippen LogP contribution is 2.49. The Hall–Kier alpha value is -7.35. The van der Waals surface area contributed by atoms with Crippen LogP contribution >= 0.6 is 0 Å². The van der Waals surface area contributed by atoms with Gasteiger partial charge in [-0.2, -0.15) is 0 Å². The fraction of sp³-hybridized carbons (Fsp3) is 0.0351. The normalized spacial score (nSPS) is 12.6. The van der Waals surface area contributed by atoms with Gasteiger partial charge in [0.15, 0.2) is 0 Å². The van der Waals surface area contributed by atoms with Crippen molar-refractivity contribution in [2.24, 2.45) is 0 Å². The van der Waals surface area contributed by atoms with E-state index in [9.17, 15) is 0 Å². The van der Waals surface area contributed by atoms with E-state index in [1.54, 1.807) is 0 Å². The van der Waals surface area contributed by atoms with E-state index in [1.807, 2.05) is 6.20 Å². The fourth-order valence-electron chi connectivity index (χ4n) is 9.90. The molecule has 1 nitrogen and oxygen atoms in total. The van der Waals surface area contributed by atoms with Gasteiger partial charge in [-0.25, -0.2) is 0 Å². The summed E-state index contributed by atoms with van der Waals surface area (Å²) in [5, 5.41) is 14.9. The van der Waals surface area contributed by atoms with Crippen LogP contribution in [0.25, 0.3) is 115 Å². The summed E-state index contributed by atoms with van der Waals surface area (Å²) in [6, 6.07) is 67.6. The smallest absolute Gasteiger partial charge is 0.0789 e. The Morgan fingerprint density at radius 1 is 0.345 bits per heavy atom. The molecule has 1 heterocycles. The largest absolute Gasteiger partial charge is 0.256 e. The van der Waals surface area contributed by atoms with Crippen LogP contribution < -0.4 is 0 Å². The van der Waals surface area contributed by atoms with Crippen molar-refractivity contribution in [2.45, 2.75) is 12.8 Å². The summed E-state index contributed by atoms with van der Waals surface area (Å²) >= 11 is 0. The molecule has 0 amide bonds. The summed E-state index contributed by atoms with van der Waals surface area (Å²) < 4.78 is 0. The molecule has 58 heavy (non-hydrogen) atoms. The van der Waals surface area contributed by atoms with Crippen molar-refractivity contribution in [3.05, 3.63) is 205 Å². The lowest BCUT2D eigenvalue weighted by Crippen LogP contribution is -2.00. The van der Waals surface area contributed by atoms with Gasteiger partial charge in [0.2, 0.25) is 0 Å². The van der Waals surface area contributed by atoms with E-state index in [1.165, 1.54) is 115 Å². The third-order valence-electron chi connectivity index (χ3n) is 12.5. The molecule has 0 unspecified atom stereocenters. The van der Waals surface area contributed by atoms with Crippen molar-refractivity contribution >= 4 is 70.7 Å². The summed E-state index contributed by atoms with van der Waals surface area (Å²) in [5.74, 6) is 0. The minimum atomic E-state index is 1.04. The summed E-state index contributed by atoms with van der Waals surface area (Å²) in [5.41, 5.74) is 12.3. The van der Waals surface area contributed by atoms with Crippen molar-refractivity contribution in [1.82, 2.24) is 4.98 Å². The Balaban J connectivity index is 1.20. The monoisotopic (exact) mass is 735 g/mol. The molecule has 0 fully saturated rings. The highest BCUT2D eigenvalue weighted by Gasteiger charge is 2.23. The summed E-state index contributed by atoms with van der Waals surface area (Å²) in [7, 11) is 0. The average Bonchev–Trinajstić information content (AvgIpc) is 3.29. The molecule has 0 bridgehead atoms. The first-order valence-corrected chi connectivity index (χ1v) is 20.3. The van der Waals surface area contributed by atoms with Gasteiger partial charge in [-0.05, 0) is 141 Å². The van der Waals surface area contributed by atoms with E-state index >= 15 is 0 Å². The maximum Gasteiger partial charge on any atom is 0.0789 e. The first-order chi connectivity index (χ1) is 28.8. The van der Waals surface area contributed by atoms with E-state index in [0.29, 0.717) is 0 Å². The molecule has 12 rings (SSSR count). The Bertz CT molecular complexity index is 3460. The van der Waals surface area contributed by atoms with Gasteiger partial charge in [0.05, 0.1) is 5.69 Å². The van der Waals surface area contributed by atoms with Gasteiger partial charge in [0, 0.05) is 17.3 Å². The average molecular weight is 736 g/mol. The van der Waals surface area contributed by atoms with Crippen LogP contribution in [-0.2, 0) is 6.42 Å². The number of fused-ring (bicyclic) bond motifs is 7. The molecule has 11 aromatic rings. The molecule has 1 aromatic heterocycles. The summed E-state index contributed by atoms with van der Waals surface area (Å²) in [6.07, 6.45) is 8.69. The fourth-order valence-corrected chi connectivity index (χ4v) is 9.90. The van der Waals surface area contributed by atoms with Crippen molar-refractivity contribution in [3.8, 4) is 44.6 Å². The number of nitrogens with zero attached hydrogens (tertiary/aromatic N) is 1. The van der Waals surface area contributed by atoms with Crippen LogP contribution in [0.3, 0.4) is 0 Å². The van der Waals surface area contributed by atoms with Crippen LogP contribution in [0, 0.1) is 0 Å². The van der Waals surface area contributed by atoms with E-state index < -0.39 is 0 Å². The standard InChI is InChI=1S/C57H37N/c1-3-16-39-33-41(27-25-36(39)13-1)53-45-19-7-8-20-46(45)55(42-28-26-37-14-2-4-17-40(37)34-42)52-35-43(29-30-51(52)53)54-47-21-9-11-23-49(47)56(50-24-12-10-22-48(50)54)57-44-18-6-5-15-38(44)31-32-58-57/h1-4,6-14,16-35H,5,15H2. The molecule has 0 atom stereocenters. The third kappa shape index (κ3) is 5.07. The second kappa shape index (κ2) is 13.1. The van der Waals surface area contributed by atoms with Gasteiger partial charge < -0.3 is 0 Å². The van der Waals surface area contributed by atoms with E-state index in [-0.39, 0.29) is 0 Å². The quantitative estimate of drug-likeness (QED) is 0.164. The van der Waals surface area contributed by atoms with Gasteiger partial charge >= 0.3 is 0 Å². The van der Waals surface area contributed by atoms with Crippen molar-refractivity contribution in [2.75, 3.05) is 0 Å². The summed E-state index contributed by atoms with van der Waals surface area (Å²) in [6.45, 7) is 0. The third-order valence-corrected chi connectivity index (χ3v) is 12.5. The molecule has 0 spiro atoms. The van der Waals surface area contributed by atoms with Crippen LogP contribution in [0.15, 0.2) is 194 Å². The number of benzene rings is 10. The zero-order valence-corrected chi connectivity index (χ0v) is 31.9. The Labute approximate surface area is 337 Å². The predicted octanol–water partition coefficient (Wildman–Crippen LogP) is 15.6. The molecule has 0 radical (unpaired) electrons. The maximum absolute atomic E-state index is 5.11. The Morgan fingerprint density at radius 3 is 1.33 bits per heavy atom. The Kier molecular flexibility index (Phi) is 7.43. The molecule has 0 saturated heterocycles. The van der Waals surface area contributed by atoms with Gasteiger partial charge in [-0.15, -0.1) is 0 Å². The zero-order valence-electron chi connectivity index (χ0n) is 31.9. The number of hydrogen-bond acceptors (Lipinski definition) is 1. The molecule has 0 saturated carbocycles. The summed E-state index contributed by atoms with van der Waals surface area (Å²) in [4.78, 5) is 5.11. The number of hydrogen-bond donors (Lipinski definition) is 0. The molecule has 0 aliphatic heterocycles. The first kappa shape index (κ1) is 32.9. The van der Waals surface area contributed by atoms with Crippen molar-refractivity contribution in [3.63, 3.8) is 0 Å². The van der Waals surface area contributed by atoms with Crippen molar-refractivity contribution in [1.29, 1.82) is 0 Å². The second-order valence-electron chi connectivity index (χ2n) is 15.7. The van der Waals surface area contributed by atoms with Crippen molar-refractivity contribution < 1.29 is 0 Å². The second-order valence-corrected chi connectivity index (χ2v) is 15.7. The van der Waals surface area contributed by atoms with E-state index in [4.69, 9.17) is 4.98 Å². The van der Waals surface area contributed by atoms with Gasteiger partial charge in [-0.3, -0.25) is 4.98 Å². The molecule has 1 aliphatic rings. The predicted molar refractivity (Wildman–Crippen MR) is 248 cm³/mol. The van der Waals surface area contributed by atoms with E-state index in [0.717, 1.165) is 18.5 Å². The Morgan fingerprint density at radius 2 is 0.776 bits per heavy atom. The minimum Gasteiger partial charge on any atom is -0.256 e. The number of aromatic nitrogens is 1. The number of aryl methyl sites for hydroxylation is 1. The maximum atomic E-state index is 5.11. The van der Waals surface area contributed by atoms with Gasteiger partial charge in [0.25, 0.3) is 0 Å². The minimum absolute atomic E-state index is 1.04. The highest BCUT2D eigenvalue weighted by molar-refractivity contribution is 6.25. The number of rotatable bonds is 4. The molecule has 10 aromatic carbocycles. The van der Waals surface area contributed by atoms with Crippen LogP contribution in [-0.4, -0.2) is 4.98 Å². The topological polar surface area (TPSA) is 12.9 Å². The lowest BCUT2D eigenvalue weighted by atomic mass is 9.82. The zero-order chi connectivity index (χ0) is 38.2. The van der Waals surface area contributed by atoms with Crippen LogP contribution in [0.1, 0.15) is 17.5 Å². The van der Waals surface area contributed by atoms with Crippen LogP contribution in [0.4, 0.5) is 0 Å². The molecular formula is C57H37N. The molecular weight excluding hydrogens is 699 g/mol. The van der Waals surface area contributed by atoms with Gasteiger partial charge in [-0.1, -0.05) is 170 Å². The van der Waals surface area contributed by atoms with Crippen LogP contribution in [0.5, 0.6) is 0 Å². The number of allylic oxidation sites excluding steroid dienone is 1. The van der Waals surface area contributed by atoms with Crippen LogP contribution in [0.2, 0.25) is 0 Å². The lowest BCUT2D eigenvalue weighted by molar-refractivity contribution is 0.979. The highest BCUT2D eigenvalue weighted by atomic mass is 14.7. The molecule has 1 aliphatic carbocycles. The van der Waals surface area contributed by atoms with E-state index in [2.05, 4.69) is 194 Å². The van der Waals surface area contributed by atoms with Gasteiger partial charge in [0.1, 0.15) is 0 Å². The number of pyridine rings is 1. The molecule has 270 valence electrons. The SMILES string of the molecule is C1=Cc2c(ccnc2-c2c3ccccc3c(-c3ccc4c(-c5ccc6ccccc6c5)c5ccccc5c(-c5ccc6ccccc6c5)c4c3)c3ccccc23)CC1. The molecule has 0 N–H and O–H groups in total. The lowest BCUT2D eigenvalue weighted by Gasteiger charge is -2.22. The molecule has 1 heteroatoms. The first-order valence-electron chi connectivity index (χ1n) is 20.3.